The summed E-state index contributed by atoms with van der Waals surface area (Å²) in [4.78, 5) is 17.1. The van der Waals surface area contributed by atoms with Crippen molar-refractivity contribution in [2.75, 3.05) is 13.7 Å². The van der Waals surface area contributed by atoms with E-state index in [9.17, 15) is 4.79 Å². The van der Waals surface area contributed by atoms with E-state index in [1.165, 1.54) is 0 Å². The summed E-state index contributed by atoms with van der Waals surface area (Å²) in [5.74, 6) is 4.68. The molecule has 0 unspecified atom stereocenters. The molecule has 76 valence electrons. The van der Waals surface area contributed by atoms with Crippen LogP contribution in [-0.4, -0.2) is 24.5 Å². The molecule has 0 heterocycles. The SMILES string of the molecule is CN(Cc1ccccc1)C(=O)CON. The zero-order valence-corrected chi connectivity index (χ0v) is 8.14. The van der Waals surface area contributed by atoms with Crippen molar-refractivity contribution in [2.24, 2.45) is 5.90 Å². The molecular weight excluding hydrogens is 180 g/mol. The van der Waals surface area contributed by atoms with Crippen LogP contribution in [0, 0.1) is 0 Å². The number of rotatable bonds is 4. The lowest BCUT2D eigenvalue weighted by Crippen LogP contribution is -2.30. The first-order chi connectivity index (χ1) is 6.74. The predicted octanol–water partition coefficient (Wildman–Crippen LogP) is 0.535. The van der Waals surface area contributed by atoms with Crippen molar-refractivity contribution < 1.29 is 9.63 Å². The lowest BCUT2D eigenvalue weighted by molar-refractivity contribution is -0.135. The van der Waals surface area contributed by atoms with Crippen LogP contribution in [0.5, 0.6) is 0 Å². The van der Waals surface area contributed by atoms with Gasteiger partial charge in [-0.3, -0.25) is 9.63 Å². The van der Waals surface area contributed by atoms with Crippen LogP contribution in [0.3, 0.4) is 0 Å². The molecule has 0 aliphatic rings. The topological polar surface area (TPSA) is 55.6 Å². The van der Waals surface area contributed by atoms with E-state index in [0.29, 0.717) is 6.54 Å². The third-order valence-electron chi connectivity index (χ3n) is 1.90. The average Bonchev–Trinajstić information content (AvgIpc) is 2.19. The molecule has 4 nitrogen and oxygen atoms in total. The van der Waals surface area contributed by atoms with Crippen molar-refractivity contribution in [1.82, 2.24) is 4.90 Å². The lowest BCUT2D eigenvalue weighted by atomic mass is 10.2. The maximum absolute atomic E-state index is 11.3. The molecule has 0 saturated heterocycles. The summed E-state index contributed by atoms with van der Waals surface area (Å²) in [5.41, 5.74) is 1.08. The fourth-order valence-corrected chi connectivity index (χ4v) is 1.13. The maximum Gasteiger partial charge on any atom is 0.250 e. The molecule has 0 bridgehead atoms. The minimum Gasteiger partial charge on any atom is -0.339 e. The molecule has 0 atom stereocenters. The summed E-state index contributed by atoms with van der Waals surface area (Å²) >= 11 is 0. The molecule has 0 aliphatic heterocycles. The van der Waals surface area contributed by atoms with Crippen LogP contribution in [0.25, 0.3) is 0 Å². The van der Waals surface area contributed by atoms with Gasteiger partial charge in [0.15, 0.2) is 0 Å². The van der Waals surface area contributed by atoms with Crippen LogP contribution < -0.4 is 5.90 Å². The quantitative estimate of drug-likeness (QED) is 0.711. The van der Waals surface area contributed by atoms with E-state index in [1.54, 1.807) is 11.9 Å². The number of amides is 1. The normalized spacial score (nSPS) is 9.86. The molecule has 0 saturated carbocycles. The molecule has 2 N–H and O–H groups in total. The molecule has 14 heavy (non-hydrogen) atoms. The Labute approximate surface area is 83.2 Å². The first-order valence-corrected chi connectivity index (χ1v) is 4.33. The van der Waals surface area contributed by atoms with Crippen molar-refractivity contribution in [2.45, 2.75) is 6.54 Å². The van der Waals surface area contributed by atoms with Gasteiger partial charge < -0.3 is 4.90 Å². The van der Waals surface area contributed by atoms with Crippen LogP contribution in [0.2, 0.25) is 0 Å². The first-order valence-electron chi connectivity index (χ1n) is 4.33. The second-order valence-electron chi connectivity index (χ2n) is 3.05. The molecule has 0 aromatic heterocycles. The number of nitrogens with zero attached hydrogens (tertiary/aromatic N) is 1. The van der Waals surface area contributed by atoms with Gasteiger partial charge in [-0.1, -0.05) is 30.3 Å². The first kappa shape index (κ1) is 10.7. The Kier molecular flexibility index (Phi) is 4.10. The third-order valence-corrected chi connectivity index (χ3v) is 1.90. The Balaban J connectivity index is 2.49. The zero-order chi connectivity index (χ0) is 10.4. The number of nitrogens with two attached hydrogens (primary N) is 1. The Morgan fingerprint density at radius 1 is 1.43 bits per heavy atom. The number of carbonyl (C=O) groups is 1. The van der Waals surface area contributed by atoms with Gasteiger partial charge in [0.2, 0.25) is 0 Å². The number of likely N-dealkylation sites (N-methyl/N-ethyl adjacent to an activating group) is 1. The van der Waals surface area contributed by atoms with E-state index >= 15 is 0 Å². The van der Waals surface area contributed by atoms with Crippen LogP contribution >= 0.6 is 0 Å². The summed E-state index contributed by atoms with van der Waals surface area (Å²) in [7, 11) is 1.72. The summed E-state index contributed by atoms with van der Waals surface area (Å²) in [6.07, 6.45) is 0. The summed E-state index contributed by atoms with van der Waals surface area (Å²) in [6.45, 7) is 0.492. The van der Waals surface area contributed by atoms with Crippen LogP contribution in [0.15, 0.2) is 30.3 Å². The van der Waals surface area contributed by atoms with E-state index in [0.717, 1.165) is 5.56 Å². The number of benzene rings is 1. The molecule has 1 aromatic carbocycles. The number of hydrogen-bond donors (Lipinski definition) is 1. The Morgan fingerprint density at radius 2 is 2.07 bits per heavy atom. The van der Waals surface area contributed by atoms with E-state index in [4.69, 9.17) is 5.90 Å². The molecule has 1 amide bonds. The van der Waals surface area contributed by atoms with Crippen molar-refractivity contribution in [3.63, 3.8) is 0 Å². The molecule has 0 spiro atoms. The van der Waals surface area contributed by atoms with Crippen molar-refractivity contribution in [3.8, 4) is 0 Å². The van der Waals surface area contributed by atoms with Crippen LogP contribution in [-0.2, 0) is 16.2 Å². The molecular formula is C10H14N2O2. The Bertz CT molecular complexity index is 287. The highest BCUT2D eigenvalue weighted by molar-refractivity contribution is 5.77. The van der Waals surface area contributed by atoms with Gasteiger partial charge in [0.1, 0.15) is 6.61 Å². The van der Waals surface area contributed by atoms with Gasteiger partial charge in [0.05, 0.1) is 0 Å². The monoisotopic (exact) mass is 194 g/mol. The second-order valence-corrected chi connectivity index (χ2v) is 3.05. The van der Waals surface area contributed by atoms with Gasteiger partial charge in [-0.15, -0.1) is 0 Å². The van der Waals surface area contributed by atoms with Crippen molar-refractivity contribution >= 4 is 5.91 Å². The van der Waals surface area contributed by atoms with E-state index < -0.39 is 0 Å². The van der Waals surface area contributed by atoms with Crippen LogP contribution in [0.4, 0.5) is 0 Å². The van der Waals surface area contributed by atoms with E-state index in [2.05, 4.69) is 4.84 Å². The summed E-state index contributed by atoms with van der Waals surface area (Å²) in [5, 5.41) is 0. The molecule has 1 aromatic rings. The summed E-state index contributed by atoms with van der Waals surface area (Å²) < 4.78 is 0. The van der Waals surface area contributed by atoms with E-state index in [-0.39, 0.29) is 12.5 Å². The van der Waals surface area contributed by atoms with Gasteiger partial charge in [0, 0.05) is 13.6 Å². The highest BCUT2D eigenvalue weighted by atomic mass is 16.6. The fourth-order valence-electron chi connectivity index (χ4n) is 1.13. The van der Waals surface area contributed by atoms with Crippen molar-refractivity contribution in [1.29, 1.82) is 0 Å². The van der Waals surface area contributed by atoms with Gasteiger partial charge in [-0.2, -0.15) is 0 Å². The third kappa shape index (κ3) is 3.16. The van der Waals surface area contributed by atoms with Crippen molar-refractivity contribution in [3.05, 3.63) is 35.9 Å². The highest BCUT2D eigenvalue weighted by Gasteiger charge is 2.07. The second kappa shape index (κ2) is 5.36. The zero-order valence-electron chi connectivity index (χ0n) is 8.14. The number of carbonyl (C=O) groups excluding carboxylic acids is 1. The Morgan fingerprint density at radius 3 is 2.64 bits per heavy atom. The molecule has 0 aliphatic carbocycles. The predicted molar refractivity (Wildman–Crippen MR) is 53.1 cm³/mol. The number of hydrogen-bond acceptors (Lipinski definition) is 3. The minimum atomic E-state index is -0.128. The minimum absolute atomic E-state index is 0.0800. The van der Waals surface area contributed by atoms with Gasteiger partial charge in [0.25, 0.3) is 5.91 Å². The fraction of sp³-hybridized carbons (Fsp3) is 0.300. The smallest absolute Gasteiger partial charge is 0.250 e. The van der Waals surface area contributed by atoms with Gasteiger partial charge in [-0.25, -0.2) is 5.90 Å². The van der Waals surface area contributed by atoms with Crippen LogP contribution in [0.1, 0.15) is 5.56 Å². The standard InChI is InChI=1S/C10H14N2O2/c1-12(10(13)8-14-11)7-9-5-3-2-4-6-9/h2-6H,7-8,11H2,1H3. The molecule has 0 fully saturated rings. The van der Waals surface area contributed by atoms with Gasteiger partial charge in [-0.05, 0) is 5.56 Å². The summed E-state index contributed by atoms with van der Waals surface area (Å²) in [6, 6.07) is 9.74. The Hall–Kier alpha value is -1.39. The molecule has 1 rings (SSSR count). The highest BCUT2D eigenvalue weighted by Crippen LogP contribution is 2.02. The lowest BCUT2D eigenvalue weighted by Gasteiger charge is -2.16. The maximum atomic E-state index is 11.3. The largest absolute Gasteiger partial charge is 0.339 e. The molecule has 0 radical (unpaired) electrons. The molecule has 4 heteroatoms. The van der Waals surface area contributed by atoms with E-state index in [1.807, 2.05) is 30.3 Å². The van der Waals surface area contributed by atoms with Gasteiger partial charge >= 0.3 is 0 Å². The average molecular weight is 194 g/mol.